The molecule has 484 valence electrons. The van der Waals surface area contributed by atoms with Crippen molar-refractivity contribution in [1.29, 1.82) is 0 Å². The van der Waals surface area contributed by atoms with Gasteiger partial charge >= 0.3 is 0 Å². The number of benzene rings is 3. The lowest BCUT2D eigenvalue weighted by atomic mass is 10.0. The number of nitrogens with two attached hydrogens (primary N) is 1. The van der Waals surface area contributed by atoms with Gasteiger partial charge < -0.3 is 78.6 Å². The Balaban J connectivity index is 0.592. The van der Waals surface area contributed by atoms with E-state index in [1.807, 2.05) is 28.5 Å². The summed E-state index contributed by atoms with van der Waals surface area (Å²) < 4.78 is 91.5. The number of para-hydroxylation sites is 2. The Bertz CT molecular complexity index is 2880. The van der Waals surface area contributed by atoms with E-state index in [4.69, 9.17) is 71.6 Å². The summed E-state index contributed by atoms with van der Waals surface area (Å²) in [6.45, 7) is 9.70. The molecule has 21 nitrogen and oxygen atoms in total. The molecule has 1 unspecified atom stereocenters. The first-order valence-corrected chi connectivity index (χ1v) is 31.3. The quantitative estimate of drug-likeness (QED) is 0.0315. The summed E-state index contributed by atoms with van der Waals surface area (Å²) in [7, 11) is 0. The van der Waals surface area contributed by atoms with Crippen LogP contribution in [0.15, 0.2) is 60.0 Å². The van der Waals surface area contributed by atoms with Gasteiger partial charge in [-0.3, -0.25) is 24.0 Å². The maximum absolute atomic E-state index is 14.1. The Kier molecular flexibility index (Phi) is 29.7. The third kappa shape index (κ3) is 22.7. The molecule has 4 aromatic rings. The van der Waals surface area contributed by atoms with Crippen LogP contribution in [0.25, 0.3) is 0 Å². The van der Waals surface area contributed by atoms with E-state index in [-0.39, 0.29) is 75.3 Å². The second-order valence-corrected chi connectivity index (χ2v) is 22.7. The van der Waals surface area contributed by atoms with Crippen LogP contribution in [-0.4, -0.2) is 209 Å². The molecule has 0 spiro atoms. The highest BCUT2D eigenvalue weighted by molar-refractivity contribution is 7.12. The Morgan fingerprint density at radius 3 is 1.80 bits per heavy atom. The van der Waals surface area contributed by atoms with E-state index in [1.165, 1.54) is 34.0 Å². The molecule has 1 aliphatic carbocycles. The fraction of sp³-hybridized carbons (Fsp3) is 0.557. The molecule has 1 saturated carbocycles. The molecule has 2 fully saturated rings. The Hall–Kier alpha value is -5.68. The molecule has 4 N–H and O–H groups in total. The minimum absolute atomic E-state index is 0.132. The molecule has 3 heterocycles. The second-order valence-electron chi connectivity index (χ2n) is 21.0. The molecular formula is C61H80Cl2F3N7O14S. The summed E-state index contributed by atoms with van der Waals surface area (Å²) in [5.41, 5.74) is 8.56. The number of carbonyl (C=O) groups excluding carboxylic acids is 5. The highest BCUT2D eigenvalue weighted by Crippen LogP contribution is 2.43. The van der Waals surface area contributed by atoms with Crippen molar-refractivity contribution in [3.05, 3.63) is 103 Å². The van der Waals surface area contributed by atoms with Crippen LogP contribution in [0.1, 0.15) is 59.8 Å². The number of thiophene rings is 1. The van der Waals surface area contributed by atoms with E-state index in [0.29, 0.717) is 169 Å². The number of rotatable bonds is 40. The molecule has 3 aromatic carbocycles. The van der Waals surface area contributed by atoms with Crippen molar-refractivity contribution in [2.75, 3.05) is 161 Å². The smallest absolute Gasteiger partial charge is 0.272 e. The molecule has 27 heteroatoms. The number of fused-ring (bicyclic) bond motifs is 1. The maximum Gasteiger partial charge on any atom is 0.272 e. The predicted molar refractivity (Wildman–Crippen MR) is 325 cm³/mol. The van der Waals surface area contributed by atoms with Crippen molar-refractivity contribution < 1.29 is 79.8 Å². The van der Waals surface area contributed by atoms with Gasteiger partial charge in [0.25, 0.3) is 5.91 Å². The number of nitrogens with zero attached hydrogens (tertiary/aromatic N) is 4. The molecule has 0 radical (unpaired) electrons. The monoisotopic (exact) mass is 1290 g/mol. The number of hydrogen-bond acceptors (Lipinski definition) is 17. The van der Waals surface area contributed by atoms with E-state index >= 15 is 0 Å². The zero-order valence-electron chi connectivity index (χ0n) is 49.6. The number of nitrogens with one attached hydrogen (secondary N) is 2. The first-order chi connectivity index (χ1) is 42.7. The van der Waals surface area contributed by atoms with Crippen LogP contribution >= 0.6 is 34.5 Å². The SMILES string of the molecule is CC1C(=O)N(CC(=O)NCCOCCOCCOCCOCCOCCOCCOCCOCCNC(=O)CCc2cc(Cl)c(Oc3ccsc3C(=O)N3CCN(C4CC4)c4ccccc43)cc2Cl)CCCN1C(=O)C[C@H](N)Cc1cc(F)c(F)cc1F. The highest BCUT2D eigenvalue weighted by atomic mass is 35.5. The number of hydrogen-bond donors (Lipinski definition) is 3. The van der Waals surface area contributed by atoms with Crippen molar-refractivity contribution >= 4 is 75.4 Å². The average Bonchev–Trinajstić information content (AvgIpc) is 3.29. The molecule has 5 amide bonds. The van der Waals surface area contributed by atoms with Crippen molar-refractivity contribution in [3.63, 3.8) is 0 Å². The van der Waals surface area contributed by atoms with Crippen LogP contribution in [-0.2, 0) is 69.9 Å². The summed E-state index contributed by atoms with van der Waals surface area (Å²) in [5.74, 6) is -4.30. The fourth-order valence-corrected chi connectivity index (χ4v) is 11.0. The second kappa shape index (κ2) is 37.5. The molecule has 1 saturated heterocycles. The number of amides is 5. The lowest BCUT2D eigenvalue weighted by molar-refractivity contribution is -0.144. The average molecular weight is 1300 g/mol. The molecule has 7 rings (SSSR count). The lowest BCUT2D eigenvalue weighted by Crippen LogP contribution is -2.50. The zero-order valence-corrected chi connectivity index (χ0v) is 51.9. The van der Waals surface area contributed by atoms with Crippen LogP contribution < -0.4 is 30.9 Å². The molecule has 2 atom stereocenters. The van der Waals surface area contributed by atoms with Crippen LogP contribution in [0.4, 0.5) is 24.5 Å². The Labute approximate surface area is 525 Å². The van der Waals surface area contributed by atoms with Gasteiger partial charge in [-0.2, -0.15) is 0 Å². The first kappa shape index (κ1) is 69.8. The van der Waals surface area contributed by atoms with Gasteiger partial charge in [0.1, 0.15) is 22.5 Å². The standard InChI is InChI=1S/C61H80Cl2F3N7O14S/c1-42-60(77)70(14-4-15-71(42)58(76)38-45(67)35-44-37-50(65)51(66)40-49(44)64)41-57(75)69-13-19-80-21-23-82-25-27-84-29-31-86-33-32-85-30-28-83-26-24-81-22-20-79-18-12-68-56(74)10-7-43-36-48(63)55(39-47(43)62)87-54-11-34-88-59(54)61(78)73-17-16-72(46-8-9-46)52-5-2-3-6-53(52)73/h2-3,5-6,11,34,36-37,39-40,42,45-46H,4,7-10,12-33,35,38,41,67H2,1H3,(H,68,74)(H,69,75)/t42?,45-/m1/s1. The molecule has 2 aliphatic heterocycles. The van der Waals surface area contributed by atoms with Crippen molar-refractivity contribution in [1.82, 2.24) is 20.4 Å². The number of carbonyl (C=O) groups is 5. The minimum Gasteiger partial charge on any atom is -0.454 e. The van der Waals surface area contributed by atoms with Crippen molar-refractivity contribution in [3.8, 4) is 11.5 Å². The summed E-state index contributed by atoms with van der Waals surface area (Å²) >= 11 is 14.6. The summed E-state index contributed by atoms with van der Waals surface area (Å²) in [6, 6.07) is 13.0. The third-order valence-electron chi connectivity index (χ3n) is 14.4. The van der Waals surface area contributed by atoms with E-state index in [0.717, 1.165) is 24.0 Å². The van der Waals surface area contributed by atoms with Gasteiger partial charge in [-0.15, -0.1) is 11.3 Å². The van der Waals surface area contributed by atoms with Crippen molar-refractivity contribution in [2.24, 2.45) is 5.73 Å². The van der Waals surface area contributed by atoms with Crippen LogP contribution in [0.5, 0.6) is 11.5 Å². The number of halogens is 5. The van der Waals surface area contributed by atoms with Crippen LogP contribution in [0.3, 0.4) is 0 Å². The molecule has 0 bridgehead atoms. The third-order valence-corrected chi connectivity index (χ3v) is 15.9. The maximum atomic E-state index is 14.1. The van der Waals surface area contributed by atoms with Crippen LogP contribution in [0, 0.1) is 17.5 Å². The van der Waals surface area contributed by atoms with E-state index in [9.17, 15) is 37.1 Å². The number of aryl methyl sites for hydroxylation is 1. The van der Waals surface area contributed by atoms with Gasteiger partial charge in [0.2, 0.25) is 23.6 Å². The van der Waals surface area contributed by atoms with E-state index in [2.05, 4.69) is 21.6 Å². The Morgan fingerprint density at radius 1 is 0.648 bits per heavy atom. The number of ether oxygens (including phenoxy) is 9. The van der Waals surface area contributed by atoms with Gasteiger partial charge in [0.05, 0.1) is 129 Å². The number of anilines is 2. The van der Waals surface area contributed by atoms with Gasteiger partial charge in [0, 0.05) is 81.3 Å². The van der Waals surface area contributed by atoms with Gasteiger partial charge in [-0.05, 0) is 85.9 Å². The van der Waals surface area contributed by atoms with E-state index in [1.54, 1.807) is 25.1 Å². The van der Waals surface area contributed by atoms with E-state index < -0.39 is 41.3 Å². The predicted octanol–water partition coefficient (Wildman–Crippen LogP) is 6.60. The normalized spacial score (nSPS) is 15.5. The molecular weight excluding hydrogens is 1210 g/mol. The largest absolute Gasteiger partial charge is 0.454 e. The fourth-order valence-electron chi connectivity index (χ4n) is 9.75. The summed E-state index contributed by atoms with van der Waals surface area (Å²) in [4.78, 5) is 72.9. The van der Waals surface area contributed by atoms with Crippen LogP contribution in [0.2, 0.25) is 10.0 Å². The van der Waals surface area contributed by atoms with Gasteiger partial charge in [0.15, 0.2) is 17.4 Å². The lowest BCUT2D eigenvalue weighted by Gasteiger charge is -2.37. The summed E-state index contributed by atoms with van der Waals surface area (Å²) in [6.07, 6.45) is 2.88. The minimum atomic E-state index is -1.32. The molecule has 1 aromatic heterocycles. The molecule has 3 aliphatic rings. The topological polar surface area (TPSA) is 231 Å². The Morgan fingerprint density at radius 2 is 1.20 bits per heavy atom. The van der Waals surface area contributed by atoms with Crippen molar-refractivity contribution in [2.45, 2.75) is 70.0 Å². The van der Waals surface area contributed by atoms with Gasteiger partial charge in [-0.1, -0.05) is 35.3 Å². The molecule has 88 heavy (non-hydrogen) atoms. The van der Waals surface area contributed by atoms with Gasteiger partial charge in [-0.25, -0.2) is 13.2 Å². The zero-order chi connectivity index (χ0) is 62.6. The highest BCUT2D eigenvalue weighted by Gasteiger charge is 2.37. The first-order valence-electron chi connectivity index (χ1n) is 29.7. The summed E-state index contributed by atoms with van der Waals surface area (Å²) in [5, 5.41) is 8.10.